The molecule has 0 heterocycles. The highest BCUT2D eigenvalue weighted by Gasteiger charge is 2.08. The topological polar surface area (TPSA) is 75.4 Å². The van der Waals surface area contributed by atoms with E-state index in [4.69, 9.17) is 18.0 Å². The van der Waals surface area contributed by atoms with Gasteiger partial charge in [0.2, 0.25) is 0 Å². The summed E-state index contributed by atoms with van der Waals surface area (Å²) in [7, 11) is 0. The molecule has 20 heavy (non-hydrogen) atoms. The number of nitrogens with two attached hydrogens (primary N) is 1. The summed E-state index contributed by atoms with van der Waals surface area (Å²) in [5, 5.41) is 12.2. The van der Waals surface area contributed by atoms with Crippen LogP contribution in [0.25, 0.3) is 0 Å². The molecule has 0 atom stereocenters. The van der Waals surface area contributed by atoms with Gasteiger partial charge in [0.05, 0.1) is 0 Å². The van der Waals surface area contributed by atoms with Gasteiger partial charge in [-0.25, -0.2) is 0 Å². The van der Waals surface area contributed by atoms with Crippen LogP contribution in [0.3, 0.4) is 0 Å². The monoisotopic (exact) mass is 286 g/mol. The molecule has 5 heteroatoms. The van der Waals surface area contributed by atoms with Gasteiger partial charge in [-0.2, -0.15) is 0 Å². The summed E-state index contributed by atoms with van der Waals surface area (Å²) in [6.07, 6.45) is 0. The van der Waals surface area contributed by atoms with Gasteiger partial charge in [0.1, 0.15) is 10.7 Å². The van der Waals surface area contributed by atoms with Crippen LogP contribution in [0.5, 0.6) is 5.75 Å². The van der Waals surface area contributed by atoms with E-state index in [0.717, 1.165) is 0 Å². The Morgan fingerprint density at radius 2 is 1.95 bits per heavy atom. The Morgan fingerprint density at radius 1 is 1.20 bits per heavy atom. The van der Waals surface area contributed by atoms with Crippen molar-refractivity contribution < 1.29 is 9.90 Å². The Kier molecular flexibility index (Phi) is 4.00. The molecule has 0 spiro atoms. The summed E-state index contributed by atoms with van der Waals surface area (Å²) in [5.41, 5.74) is 7.98. The van der Waals surface area contributed by atoms with Crippen LogP contribution in [-0.4, -0.2) is 16.0 Å². The fraction of sp³-hybridized carbons (Fsp3) is 0.0667. The molecule has 0 aliphatic carbocycles. The van der Waals surface area contributed by atoms with Crippen LogP contribution in [0.15, 0.2) is 42.5 Å². The minimum absolute atomic E-state index is 0.164. The van der Waals surface area contributed by atoms with Gasteiger partial charge in [-0.3, -0.25) is 4.79 Å². The molecule has 0 aliphatic rings. The SMILES string of the molecule is Cc1cc(C(=O)Nc2cccc(C(N)=S)c2)ccc1O. The van der Waals surface area contributed by atoms with Gasteiger partial charge in [0.25, 0.3) is 5.91 Å². The molecule has 0 saturated heterocycles. The van der Waals surface area contributed by atoms with E-state index in [-0.39, 0.29) is 16.6 Å². The predicted octanol–water partition coefficient (Wildman–Crippen LogP) is 2.59. The second kappa shape index (κ2) is 5.71. The van der Waals surface area contributed by atoms with E-state index in [1.165, 1.54) is 6.07 Å². The summed E-state index contributed by atoms with van der Waals surface area (Å²) in [5.74, 6) is -0.0924. The Bertz CT molecular complexity index is 683. The molecule has 0 saturated carbocycles. The second-order valence-corrected chi connectivity index (χ2v) is 4.84. The van der Waals surface area contributed by atoms with Crippen molar-refractivity contribution in [2.24, 2.45) is 5.73 Å². The number of anilines is 1. The van der Waals surface area contributed by atoms with Crippen LogP contribution in [0, 0.1) is 6.92 Å². The molecule has 0 aromatic heterocycles. The highest BCUT2D eigenvalue weighted by molar-refractivity contribution is 7.80. The zero-order valence-corrected chi connectivity index (χ0v) is 11.7. The van der Waals surface area contributed by atoms with Gasteiger partial charge in [0.15, 0.2) is 0 Å². The first-order chi connectivity index (χ1) is 9.47. The number of aromatic hydroxyl groups is 1. The van der Waals surface area contributed by atoms with Crippen LogP contribution in [0.1, 0.15) is 21.5 Å². The summed E-state index contributed by atoms with van der Waals surface area (Å²) in [6.45, 7) is 1.74. The predicted molar refractivity (Wildman–Crippen MR) is 83.1 cm³/mol. The number of aryl methyl sites for hydroxylation is 1. The molecule has 2 rings (SSSR count). The number of nitrogens with one attached hydrogen (secondary N) is 1. The third kappa shape index (κ3) is 3.13. The Labute approximate surface area is 122 Å². The maximum Gasteiger partial charge on any atom is 0.255 e. The van der Waals surface area contributed by atoms with E-state index in [0.29, 0.717) is 22.4 Å². The van der Waals surface area contributed by atoms with Crippen molar-refractivity contribution in [3.8, 4) is 5.75 Å². The second-order valence-electron chi connectivity index (χ2n) is 4.40. The molecule has 1 amide bonds. The number of hydrogen-bond acceptors (Lipinski definition) is 3. The first-order valence-electron chi connectivity index (χ1n) is 5.98. The number of phenolic OH excluding ortho intramolecular Hbond substituents is 1. The third-order valence-electron chi connectivity index (χ3n) is 2.86. The normalized spacial score (nSPS) is 10.1. The molecule has 4 N–H and O–H groups in total. The number of rotatable bonds is 3. The molecule has 4 nitrogen and oxygen atoms in total. The lowest BCUT2D eigenvalue weighted by Gasteiger charge is -2.08. The van der Waals surface area contributed by atoms with Crippen molar-refractivity contribution in [2.45, 2.75) is 6.92 Å². The van der Waals surface area contributed by atoms with Crippen LogP contribution in [-0.2, 0) is 0 Å². The van der Waals surface area contributed by atoms with E-state index in [2.05, 4.69) is 5.32 Å². The number of hydrogen-bond donors (Lipinski definition) is 3. The molecule has 0 radical (unpaired) electrons. The number of phenols is 1. The molecule has 102 valence electrons. The van der Waals surface area contributed by atoms with Crippen LogP contribution < -0.4 is 11.1 Å². The van der Waals surface area contributed by atoms with Crippen molar-refractivity contribution in [1.29, 1.82) is 0 Å². The lowest BCUT2D eigenvalue weighted by molar-refractivity contribution is 0.102. The van der Waals surface area contributed by atoms with Gasteiger partial charge in [-0.15, -0.1) is 0 Å². The average Bonchev–Trinajstić information content (AvgIpc) is 2.42. The van der Waals surface area contributed by atoms with Crippen molar-refractivity contribution in [3.63, 3.8) is 0 Å². The number of carbonyl (C=O) groups is 1. The number of benzene rings is 2. The first-order valence-corrected chi connectivity index (χ1v) is 6.39. The molecular weight excluding hydrogens is 272 g/mol. The summed E-state index contributed by atoms with van der Waals surface area (Å²) >= 11 is 4.90. The minimum Gasteiger partial charge on any atom is -0.508 e. The van der Waals surface area contributed by atoms with Gasteiger partial charge < -0.3 is 16.2 Å². The van der Waals surface area contributed by atoms with Crippen molar-refractivity contribution in [1.82, 2.24) is 0 Å². The lowest BCUT2D eigenvalue weighted by Crippen LogP contribution is -2.14. The van der Waals surface area contributed by atoms with Gasteiger partial charge in [-0.05, 0) is 42.8 Å². The van der Waals surface area contributed by atoms with E-state index < -0.39 is 0 Å². The molecule has 0 bridgehead atoms. The van der Waals surface area contributed by atoms with Crippen LogP contribution in [0.2, 0.25) is 0 Å². The fourth-order valence-corrected chi connectivity index (χ4v) is 1.88. The first kappa shape index (κ1) is 14.0. The van der Waals surface area contributed by atoms with E-state index in [1.54, 1.807) is 43.3 Å². The smallest absolute Gasteiger partial charge is 0.255 e. The van der Waals surface area contributed by atoms with E-state index in [1.807, 2.05) is 0 Å². The van der Waals surface area contributed by atoms with E-state index in [9.17, 15) is 9.90 Å². The van der Waals surface area contributed by atoms with Crippen LogP contribution in [0.4, 0.5) is 5.69 Å². The fourth-order valence-electron chi connectivity index (χ4n) is 1.75. The number of thiocarbonyl (C=S) groups is 1. The highest BCUT2D eigenvalue weighted by Crippen LogP contribution is 2.18. The lowest BCUT2D eigenvalue weighted by atomic mass is 10.1. The Balaban J connectivity index is 2.21. The van der Waals surface area contributed by atoms with Gasteiger partial charge in [-0.1, -0.05) is 24.4 Å². The zero-order chi connectivity index (χ0) is 14.7. The Morgan fingerprint density at radius 3 is 2.60 bits per heavy atom. The van der Waals surface area contributed by atoms with E-state index >= 15 is 0 Å². The largest absolute Gasteiger partial charge is 0.508 e. The third-order valence-corrected chi connectivity index (χ3v) is 3.10. The van der Waals surface area contributed by atoms with Crippen LogP contribution >= 0.6 is 12.2 Å². The molecule has 0 fully saturated rings. The summed E-state index contributed by atoms with van der Waals surface area (Å²) < 4.78 is 0. The standard InChI is InChI=1S/C15H14N2O2S/c1-9-7-11(5-6-13(9)18)15(19)17-12-4-2-3-10(8-12)14(16)20/h2-8,18H,1H3,(H2,16,20)(H,17,19). The quantitative estimate of drug-likeness (QED) is 0.758. The van der Waals surface area contributed by atoms with Crippen molar-refractivity contribution in [3.05, 3.63) is 59.2 Å². The summed E-state index contributed by atoms with van der Waals surface area (Å²) in [6, 6.07) is 11.7. The summed E-state index contributed by atoms with van der Waals surface area (Å²) in [4.78, 5) is 12.4. The molecular formula is C15H14N2O2S. The maximum atomic E-state index is 12.1. The van der Waals surface area contributed by atoms with Gasteiger partial charge in [0, 0.05) is 16.8 Å². The molecule has 0 unspecified atom stereocenters. The number of carbonyl (C=O) groups excluding carboxylic acids is 1. The Hall–Kier alpha value is -2.40. The average molecular weight is 286 g/mol. The highest BCUT2D eigenvalue weighted by atomic mass is 32.1. The molecule has 2 aromatic rings. The maximum absolute atomic E-state index is 12.1. The molecule has 0 aliphatic heterocycles. The zero-order valence-electron chi connectivity index (χ0n) is 10.9. The van der Waals surface area contributed by atoms with Crippen molar-refractivity contribution >= 4 is 28.8 Å². The van der Waals surface area contributed by atoms with Gasteiger partial charge >= 0.3 is 0 Å². The number of amides is 1. The van der Waals surface area contributed by atoms with Crippen molar-refractivity contribution in [2.75, 3.05) is 5.32 Å². The molecule has 2 aromatic carbocycles. The minimum atomic E-state index is -0.256.